The van der Waals surface area contributed by atoms with Crippen LogP contribution in [-0.2, 0) is 11.2 Å². The molecule has 3 N–H and O–H groups in total. The van der Waals surface area contributed by atoms with Crippen molar-refractivity contribution in [2.45, 2.75) is 31.6 Å². The highest BCUT2D eigenvalue weighted by atomic mass is 16.3. The van der Waals surface area contributed by atoms with Gasteiger partial charge in [0.2, 0.25) is 5.91 Å². The van der Waals surface area contributed by atoms with Crippen molar-refractivity contribution in [3.05, 3.63) is 59.2 Å². The summed E-state index contributed by atoms with van der Waals surface area (Å²) in [6.07, 6.45) is 3.04. The van der Waals surface area contributed by atoms with Gasteiger partial charge < -0.3 is 15.5 Å². The molecule has 2 aromatic carbocycles. The predicted molar refractivity (Wildman–Crippen MR) is 98.5 cm³/mol. The van der Waals surface area contributed by atoms with E-state index in [4.69, 9.17) is 5.11 Å². The first kappa shape index (κ1) is 17.6. The Hall–Kier alpha value is -2.17. The van der Waals surface area contributed by atoms with Gasteiger partial charge >= 0.3 is 0 Å². The second-order valence-corrected chi connectivity index (χ2v) is 6.52. The van der Waals surface area contributed by atoms with E-state index < -0.39 is 0 Å². The van der Waals surface area contributed by atoms with E-state index in [2.05, 4.69) is 35.6 Å². The number of aryl methyl sites for hydroxylation is 1. The average Bonchev–Trinajstić information content (AvgIpc) is 2.94. The third kappa shape index (κ3) is 3.91. The van der Waals surface area contributed by atoms with Crippen LogP contribution in [-0.4, -0.2) is 35.9 Å². The van der Waals surface area contributed by atoms with Gasteiger partial charge in [-0.05, 0) is 47.1 Å². The molecule has 0 radical (unpaired) electrons. The molecule has 0 aromatic heterocycles. The molecule has 0 fully saturated rings. The molecule has 0 saturated carbocycles. The number of nitrogens with one attached hydrogen (secondary N) is 1. The Morgan fingerprint density at radius 3 is 2.60 bits per heavy atom. The van der Waals surface area contributed by atoms with E-state index in [1.54, 1.807) is 0 Å². The molecule has 4 nitrogen and oxygen atoms in total. The van der Waals surface area contributed by atoms with Crippen molar-refractivity contribution < 1.29 is 15.0 Å². The smallest absolute Gasteiger partial charge is 0.222 e. The summed E-state index contributed by atoms with van der Waals surface area (Å²) in [5.41, 5.74) is 6.16. The molecule has 1 aliphatic carbocycles. The number of fused-ring (bicyclic) bond motifs is 3. The van der Waals surface area contributed by atoms with Gasteiger partial charge in [0, 0.05) is 18.9 Å². The van der Waals surface area contributed by atoms with Crippen LogP contribution in [0.5, 0.6) is 0 Å². The maximum Gasteiger partial charge on any atom is 0.222 e. The summed E-state index contributed by atoms with van der Waals surface area (Å²) in [7, 11) is 0. The molecule has 2 aromatic rings. The predicted octanol–water partition coefficient (Wildman–Crippen LogP) is 2.61. The van der Waals surface area contributed by atoms with Crippen molar-refractivity contribution in [2.24, 2.45) is 0 Å². The molecule has 1 amide bonds. The lowest BCUT2D eigenvalue weighted by atomic mass is 9.95. The largest absolute Gasteiger partial charge is 0.396 e. The van der Waals surface area contributed by atoms with Crippen LogP contribution >= 0.6 is 0 Å². The minimum atomic E-state index is -0.102. The summed E-state index contributed by atoms with van der Waals surface area (Å²) in [5.74, 6) is -0.0208. The number of carbonyl (C=O) groups is 1. The van der Waals surface area contributed by atoms with Gasteiger partial charge in [0.25, 0.3) is 0 Å². The zero-order chi connectivity index (χ0) is 17.6. The van der Waals surface area contributed by atoms with Crippen LogP contribution < -0.4 is 5.32 Å². The summed E-state index contributed by atoms with van der Waals surface area (Å²) < 4.78 is 0. The van der Waals surface area contributed by atoms with Gasteiger partial charge in [-0.25, -0.2) is 0 Å². The molecular weight excluding hydrogens is 314 g/mol. The molecule has 0 spiro atoms. The van der Waals surface area contributed by atoms with E-state index in [1.165, 1.54) is 27.8 Å². The number of amides is 1. The van der Waals surface area contributed by atoms with Gasteiger partial charge in [-0.15, -0.1) is 0 Å². The first-order valence-corrected chi connectivity index (χ1v) is 8.95. The van der Waals surface area contributed by atoms with Crippen LogP contribution in [0.15, 0.2) is 42.5 Å². The van der Waals surface area contributed by atoms with Crippen molar-refractivity contribution in [3.8, 4) is 11.1 Å². The molecule has 0 aliphatic heterocycles. The van der Waals surface area contributed by atoms with E-state index in [0.717, 1.165) is 19.3 Å². The molecule has 25 heavy (non-hydrogen) atoms. The minimum Gasteiger partial charge on any atom is -0.396 e. The molecule has 0 bridgehead atoms. The van der Waals surface area contributed by atoms with Crippen LogP contribution in [0.3, 0.4) is 0 Å². The standard InChI is InChI=1S/C21H25NO3/c23-12-10-21(25)22-11-4-3-5-15-8-9-18-16-6-1-2-7-17(16)20(14-24)19(18)13-15/h1-2,6-9,13,20,23-24H,3-5,10-12,14H2,(H,22,25). The van der Waals surface area contributed by atoms with E-state index >= 15 is 0 Å². The van der Waals surface area contributed by atoms with Crippen LogP contribution in [0.2, 0.25) is 0 Å². The number of unbranched alkanes of at least 4 members (excludes halogenated alkanes) is 1. The summed E-state index contributed by atoms with van der Waals surface area (Å²) in [4.78, 5) is 11.3. The highest BCUT2D eigenvalue weighted by Crippen LogP contribution is 2.44. The van der Waals surface area contributed by atoms with Gasteiger partial charge in [0.1, 0.15) is 0 Å². The first-order valence-electron chi connectivity index (χ1n) is 8.95. The lowest BCUT2D eigenvalue weighted by Gasteiger charge is -2.11. The molecular formula is C21H25NO3. The normalized spacial score (nSPS) is 14.9. The maximum atomic E-state index is 11.3. The second-order valence-electron chi connectivity index (χ2n) is 6.52. The third-order valence-electron chi connectivity index (χ3n) is 4.85. The van der Waals surface area contributed by atoms with Crippen molar-refractivity contribution in [1.29, 1.82) is 0 Å². The Morgan fingerprint density at radius 2 is 1.80 bits per heavy atom. The summed E-state index contributed by atoms with van der Waals surface area (Å²) in [6.45, 7) is 0.675. The zero-order valence-electron chi connectivity index (χ0n) is 14.4. The minimum absolute atomic E-state index is 0.0731. The molecule has 1 unspecified atom stereocenters. The highest BCUT2D eigenvalue weighted by molar-refractivity contribution is 5.79. The van der Waals surface area contributed by atoms with Gasteiger partial charge in [0.05, 0.1) is 13.2 Å². The maximum absolute atomic E-state index is 11.3. The van der Waals surface area contributed by atoms with Crippen molar-refractivity contribution in [3.63, 3.8) is 0 Å². The Balaban J connectivity index is 1.59. The zero-order valence-corrected chi connectivity index (χ0v) is 14.4. The summed E-state index contributed by atoms with van der Waals surface area (Å²) in [6, 6.07) is 14.9. The number of hydrogen-bond donors (Lipinski definition) is 3. The van der Waals surface area contributed by atoms with E-state index in [1.807, 2.05) is 12.1 Å². The number of hydrogen-bond acceptors (Lipinski definition) is 3. The number of rotatable bonds is 8. The first-order chi connectivity index (χ1) is 12.2. The van der Waals surface area contributed by atoms with Crippen LogP contribution in [0.1, 0.15) is 41.9 Å². The number of carbonyl (C=O) groups excluding carboxylic acids is 1. The van der Waals surface area contributed by atoms with E-state index in [0.29, 0.717) is 6.54 Å². The quantitative estimate of drug-likeness (QED) is 0.648. The van der Waals surface area contributed by atoms with Crippen molar-refractivity contribution >= 4 is 5.91 Å². The Morgan fingerprint density at radius 1 is 1.00 bits per heavy atom. The lowest BCUT2D eigenvalue weighted by Crippen LogP contribution is -2.25. The van der Waals surface area contributed by atoms with Gasteiger partial charge in [0.15, 0.2) is 0 Å². The Kier molecular flexibility index (Phi) is 5.84. The number of benzene rings is 2. The third-order valence-corrected chi connectivity index (χ3v) is 4.85. The molecule has 1 atom stereocenters. The van der Waals surface area contributed by atoms with Crippen LogP contribution in [0, 0.1) is 0 Å². The van der Waals surface area contributed by atoms with Gasteiger partial charge in [-0.2, -0.15) is 0 Å². The summed E-state index contributed by atoms with van der Waals surface area (Å²) in [5, 5.41) is 21.3. The Labute approximate surface area is 148 Å². The van der Waals surface area contributed by atoms with Crippen LogP contribution in [0.25, 0.3) is 11.1 Å². The van der Waals surface area contributed by atoms with Crippen molar-refractivity contribution in [1.82, 2.24) is 5.32 Å². The topological polar surface area (TPSA) is 69.6 Å². The van der Waals surface area contributed by atoms with E-state index in [-0.39, 0.29) is 31.5 Å². The summed E-state index contributed by atoms with van der Waals surface area (Å²) >= 11 is 0. The molecule has 4 heteroatoms. The van der Waals surface area contributed by atoms with Gasteiger partial charge in [-0.1, -0.05) is 42.5 Å². The second kappa shape index (κ2) is 8.28. The fourth-order valence-electron chi connectivity index (χ4n) is 3.58. The Bertz CT molecular complexity index is 742. The monoisotopic (exact) mass is 339 g/mol. The van der Waals surface area contributed by atoms with E-state index in [9.17, 15) is 9.90 Å². The fraction of sp³-hybridized carbons (Fsp3) is 0.381. The molecule has 0 heterocycles. The molecule has 132 valence electrons. The fourth-order valence-corrected chi connectivity index (χ4v) is 3.58. The lowest BCUT2D eigenvalue weighted by molar-refractivity contribution is -0.121. The number of aliphatic hydroxyl groups excluding tert-OH is 2. The van der Waals surface area contributed by atoms with Crippen molar-refractivity contribution in [2.75, 3.05) is 19.8 Å². The van der Waals surface area contributed by atoms with Crippen LogP contribution in [0.4, 0.5) is 0 Å². The molecule has 0 saturated heterocycles. The SMILES string of the molecule is O=C(CCO)NCCCCc1ccc2c(c1)C(CO)c1ccccc1-2. The number of aliphatic hydroxyl groups is 2. The highest BCUT2D eigenvalue weighted by Gasteiger charge is 2.27. The molecule has 1 aliphatic rings. The van der Waals surface area contributed by atoms with Gasteiger partial charge in [-0.3, -0.25) is 4.79 Å². The average molecular weight is 339 g/mol. The molecule has 3 rings (SSSR count).